The first-order valence-corrected chi connectivity index (χ1v) is 14.7. The Hall–Kier alpha value is -2.38. The van der Waals surface area contributed by atoms with Crippen LogP contribution in [0.1, 0.15) is 84.7 Å². The topological polar surface area (TPSA) is 75.8 Å². The first-order chi connectivity index (χ1) is 18.8. The molecule has 3 aliphatic rings. The molecule has 4 unspecified atom stereocenters. The summed E-state index contributed by atoms with van der Waals surface area (Å²) >= 11 is 13.1. The minimum Gasteiger partial charge on any atom is -0.478 e. The van der Waals surface area contributed by atoms with E-state index in [0.717, 1.165) is 62.1 Å². The second-order valence-corrected chi connectivity index (χ2v) is 12.3. The molecule has 0 bridgehead atoms. The second kappa shape index (κ2) is 10.9. The van der Waals surface area contributed by atoms with Crippen molar-refractivity contribution in [2.75, 3.05) is 0 Å². The number of aromatic nitrogens is 1. The van der Waals surface area contributed by atoms with Gasteiger partial charge in [-0.1, -0.05) is 60.8 Å². The molecule has 2 aromatic carbocycles. The largest absolute Gasteiger partial charge is 0.478 e. The number of hydrogen-bond acceptors (Lipinski definition) is 5. The molecule has 1 aliphatic heterocycles. The summed E-state index contributed by atoms with van der Waals surface area (Å²) in [4.78, 5) is 14.0. The van der Waals surface area contributed by atoms with E-state index in [9.17, 15) is 9.90 Å². The minimum absolute atomic E-state index is 0.140. The van der Waals surface area contributed by atoms with E-state index < -0.39 is 5.97 Å². The molecule has 39 heavy (non-hydrogen) atoms. The van der Waals surface area contributed by atoms with E-state index in [0.29, 0.717) is 57.3 Å². The zero-order valence-corrected chi connectivity index (χ0v) is 23.8. The van der Waals surface area contributed by atoms with Crippen LogP contribution in [0.2, 0.25) is 10.0 Å². The van der Waals surface area contributed by atoms with E-state index in [-0.39, 0.29) is 6.10 Å². The number of halogens is 2. The van der Waals surface area contributed by atoms with Crippen molar-refractivity contribution in [3.8, 4) is 11.3 Å². The third-order valence-electron chi connectivity index (χ3n) is 8.84. The molecule has 0 spiro atoms. The van der Waals surface area contributed by atoms with Crippen LogP contribution in [0, 0.1) is 11.8 Å². The van der Waals surface area contributed by atoms with Crippen LogP contribution in [0.5, 0.6) is 0 Å². The molecule has 1 N–H and O–H groups in total. The predicted octanol–water partition coefficient (Wildman–Crippen LogP) is 7.95. The lowest BCUT2D eigenvalue weighted by Crippen LogP contribution is -2.48. The number of benzene rings is 2. The lowest BCUT2D eigenvalue weighted by Gasteiger charge is -2.45. The molecule has 0 amide bonds. The van der Waals surface area contributed by atoms with Crippen molar-refractivity contribution in [3.63, 3.8) is 0 Å². The number of fused-ring (bicyclic) bond motifs is 1. The number of hydrogen-bond donors (Lipinski definition) is 1. The maximum atomic E-state index is 11.5. The zero-order chi connectivity index (χ0) is 27.3. The molecule has 4 atom stereocenters. The quantitative estimate of drug-likeness (QED) is 0.297. The Morgan fingerprint density at radius 1 is 1.13 bits per heavy atom. The van der Waals surface area contributed by atoms with Crippen LogP contribution in [0.25, 0.3) is 11.3 Å². The first-order valence-electron chi connectivity index (χ1n) is 14.0. The molecule has 6 nitrogen and oxygen atoms in total. The van der Waals surface area contributed by atoms with Gasteiger partial charge < -0.3 is 14.4 Å². The van der Waals surface area contributed by atoms with E-state index in [4.69, 9.17) is 32.5 Å². The molecule has 2 fully saturated rings. The number of carboxylic acids is 1. The Morgan fingerprint density at radius 3 is 2.56 bits per heavy atom. The predicted molar refractivity (Wildman–Crippen MR) is 151 cm³/mol. The Labute approximate surface area is 239 Å². The number of ether oxygens (including phenoxy) is 1. The highest BCUT2D eigenvalue weighted by atomic mass is 35.5. The molecule has 0 radical (unpaired) electrons. The lowest BCUT2D eigenvalue weighted by molar-refractivity contribution is -0.0517. The van der Waals surface area contributed by atoms with Crippen molar-refractivity contribution in [1.29, 1.82) is 0 Å². The van der Waals surface area contributed by atoms with Crippen molar-refractivity contribution in [2.45, 2.75) is 83.7 Å². The summed E-state index contributed by atoms with van der Waals surface area (Å²) in [5, 5.41) is 14.9. The summed E-state index contributed by atoms with van der Waals surface area (Å²) in [6, 6.07) is 11.5. The molecule has 8 heteroatoms. The zero-order valence-electron chi connectivity index (χ0n) is 22.3. The number of rotatable bonds is 8. The normalized spacial score (nSPS) is 25.1. The van der Waals surface area contributed by atoms with Crippen molar-refractivity contribution < 1.29 is 19.2 Å². The molecule has 2 heterocycles. The van der Waals surface area contributed by atoms with Crippen molar-refractivity contribution in [3.05, 3.63) is 74.5 Å². The molecule has 2 saturated carbocycles. The van der Waals surface area contributed by atoms with Crippen molar-refractivity contribution >= 4 is 29.2 Å². The fourth-order valence-corrected chi connectivity index (χ4v) is 7.38. The summed E-state index contributed by atoms with van der Waals surface area (Å²) in [7, 11) is 0. The van der Waals surface area contributed by atoms with Crippen LogP contribution in [0.15, 0.2) is 40.9 Å². The third kappa shape index (κ3) is 5.24. The van der Waals surface area contributed by atoms with Gasteiger partial charge in [0.15, 0.2) is 0 Å². The molecule has 206 valence electrons. The fraction of sp³-hybridized carbons (Fsp3) is 0.484. The van der Waals surface area contributed by atoms with Crippen LogP contribution in [-0.2, 0) is 24.4 Å². The van der Waals surface area contributed by atoms with Gasteiger partial charge in [0.25, 0.3) is 0 Å². The summed E-state index contributed by atoms with van der Waals surface area (Å²) in [6.45, 7) is 6.71. The number of aromatic carboxylic acids is 1. The molecule has 1 aromatic heterocycles. The monoisotopic (exact) mass is 568 g/mol. The van der Waals surface area contributed by atoms with Gasteiger partial charge in [0, 0.05) is 36.2 Å². The van der Waals surface area contributed by atoms with Crippen molar-refractivity contribution in [2.24, 2.45) is 11.8 Å². The van der Waals surface area contributed by atoms with Crippen LogP contribution in [0.3, 0.4) is 0 Å². The van der Waals surface area contributed by atoms with Gasteiger partial charge in [-0.15, -0.1) is 0 Å². The number of carboxylic acid groups (broad SMARTS) is 1. The Bertz CT molecular complexity index is 1360. The van der Waals surface area contributed by atoms with Crippen molar-refractivity contribution in [1.82, 2.24) is 10.1 Å². The highest BCUT2D eigenvalue weighted by Gasteiger charge is 2.41. The lowest BCUT2D eigenvalue weighted by atomic mass is 9.74. The molecular weight excluding hydrogens is 535 g/mol. The molecular formula is C31H34Cl2N2O4. The maximum absolute atomic E-state index is 11.5. The fourth-order valence-electron chi connectivity index (χ4n) is 6.81. The van der Waals surface area contributed by atoms with E-state index in [1.54, 1.807) is 6.07 Å². The van der Waals surface area contributed by atoms with E-state index >= 15 is 0 Å². The summed E-state index contributed by atoms with van der Waals surface area (Å²) in [6.07, 6.45) is 5.38. The van der Waals surface area contributed by atoms with Crippen LogP contribution in [0.4, 0.5) is 0 Å². The van der Waals surface area contributed by atoms with Gasteiger partial charge >= 0.3 is 5.97 Å². The Morgan fingerprint density at radius 2 is 1.87 bits per heavy atom. The number of carbonyl (C=O) groups is 1. The first kappa shape index (κ1) is 26.8. The number of nitrogens with zero attached hydrogens (tertiary/aromatic N) is 2. The van der Waals surface area contributed by atoms with Crippen LogP contribution < -0.4 is 0 Å². The molecule has 2 aliphatic carbocycles. The van der Waals surface area contributed by atoms with E-state index in [1.165, 1.54) is 5.56 Å². The Kier molecular flexibility index (Phi) is 7.49. The van der Waals surface area contributed by atoms with Gasteiger partial charge in [0.05, 0.1) is 28.3 Å². The third-order valence-corrected chi connectivity index (χ3v) is 9.47. The highest BCUT2D eigenvalue weighted by molar-refractivity contribution is 6.39. The van der Waals surface area contributed by atoms with Gasteiger partial charge in [-0.05, 0) is 72.9 Å². The van der Waals surface area contributed by atoms with Gasteiger partial charge in [0.1, 0.15) is 11.5 Å². The maximum Gasteiger partial charge on any atom is 0.335 e. The van der Waals surface area contributed by atoms with Gasteiger partial charge in [-0.3, -0.25) is 4.90 Å². The summed E-state index contributed by atoms with van der Waals surface area (Å²) < 4.78 is 12.5. The average Bonchev–Trinajstić information content (AvgIpc) is 3.53. The molecule has 3 aromatic rings. The second-order valence-electron chi connectivity index (χ2n) is 11.5. The van der Waals surface area contributed by atoms with Crippen LogP contribution >= 0.6 is 23.2 Å². The van der Waals surface area contributed by atoms with E-state index in [2.05, 4.69) is 23.9 Å². The van der Waals surface area contributed by atoms with Gasteiger partial charge in [-0.2, -0.15) is 0 Å². The Balaban J connectivity index is 1.17. The minimum atomic E-state index is -0.869. The molecule has 6 rings (SSSR count). The van der Waals surface area contributed by atoms with E-state index in [1.807, 2.05) is 30.3 Å². The summed E-state index contributed by atoms with van der Waals surface area (Å²) in [5.74, 6) is 1.37. The van der Waals surface area contributed by atoms with Gasteiger partial charge in [-0.25, -0.2) is 4.79 Å². The van der Waals surface area contributed by atoms with Gasteiger partial charge in [0.2, 0.25) is 0 Å². The smallest absolute Gasteiger partial charge is 0.335 e. The molecule has 0 saturated heterocycles. The average molecular weight is 570 g/mol. The standard InChI is InChI=1S/C31H34Cl2N2O4/c1-3-18-13-23(11-17(2)29(18)35-14-21-10-9-20(31(36)37)12-22(21)15-35)38-16-24-28(34-39-30(24)19-7-8-19)27-25(32)5-4-6-26(27)33/h4-6,9-10,12,17-19,23,29H,3,7-8,11,13-16H2,1-2H3,(H,36,37). The van der Waals surface area contributed by atoms with Crippen LogP contribution in [-0.4, -0.2) is 33.3 Å². The summed E-state index contributed by atoms with van der Waals surface area (Å²) in [5.41, 5.74) is 5.12. The SMILES string of the molecule is CCC1CC(OCc2c(-c3c(Cl)cccc3Cl)noc2C2CC2)CC(C)C1N1Cc2ccc(C(=O)O)cc2C1. The highest BCUT2D eigenvalue weighted by Crippen LogP contribution is 2.47.